The van der Waals surface area contributed by atoms with Crippen molar-refractivity contribution in [3.8, 4) is 5.75 Å². The first-order valence-electron chi connectivity index (χ1n) is 3.98. The van der Waals surface area contributed by atoms with Gasteiger partial charge in [-0.1, -0.05) is 12.1 Å². The molecule has 0 saturated carbocycles. The average Bonchev–Trinajstić information content (AvgIpc) is 2.15. The molecule has 5 heteroatoms. The Labute approximate surface area is 84.9 Å². The number of carboxylic acids is 2. The molecule has 15 heavy (non-hydrogen) atoms. The number of aromatic carboxylic acids is 1. The predicted octanol–water partition coefficient (Wildman–Crippen LogP) is 1.19. The van der Waals surface area contributed by atoms with Crippen LogP contribution in [0.1, 0.15) is 15.9 Å². The van der Waals surface area contributed by atoms with Crippen molar-refractivity contribution in [2.24, 2.45) is 0 Å². The monoisotopic (exact) mass is 208 g/mol. The molecule has 0 saturated heterocycles. The number of phenols is 1. The minimum atomic E-state index is -1.27. The number of rotatable bonds is 3. The number of aromatic hydroxyl groups is 1. The smallest absolute Gasteiger partial charge is 0.339 e. The van der Waals surface area contributed by atoms with Gasteiger partial charge in [-0.2, -0.15) is 0 Å². The van der Waals surface area contributed by atoms with Gasteiger partial charge in [0, 0.05) is 11.6 Å². The highest BCUT2D eigenvalue weighted by Gasteiger charge is 2.10. The van der Waals surface area contributed by atoms with Crippen molar-refractivity contribution in [3.63, 3.8) is 0 Å². The topological polar surface area (TPSA) is 94.8 Å². The first-order valence-corrected chi connectivity index (χ1v) is 3.98. The second-order valence-corrected chi connectivity index (χ2v) is 2.72. The van der Waals surface area contributed by atoms with Crippen LogP contribution in [0.2, 0.25) is 0 Å². The molecule has 1 aromatic rings. The van der Waals surface area contributed by atoms with E-state index in [4.69, 9.17) is 10.2 Å². The Morgan fingerprint density at radius 1 is 1.20 bits per heavy atom. The van der Waals surface area contributed by atoms with Gasteiger partial charge >= 0.3 is 11.9 Å². The van der Waals surface area contributed by atoms with E-state index in [9.17, 15) is 14.7 Å². The molecule has 0 radical (unpaired) electrons. The van der Waals surface area contributed by atoms with E-state index < -0.39 is 17.7 Å². The lowest BCUT2D eigenvalue weighted by Crippen LogP contribution is -1.97. The molecule has 3 N–H and O–H groups in total. The normalized spacial score (nSPS) is 10.4. The largest absolute Gasteiger partial charge is 0.506 e. The number of hydrogen-bond donors (Lipinski definition) is 3. The fraction of sp³-hybridized carbons (Fsp3) is 0. The van der Waals surface area contributed by atoms with Gasteiger partial charge in [0.25, 0.3) is 0 Å². The van der Waals surface area contributed by atoms with E-state index in [0.717, 1.165) is 12.2 Å². The van der Waals surface area contributed by atoms with Crippen LogP contribution in [-0.2, 0) is 4.79 Å². The van der Waals surface area contributed by atoms with Crippen LogP contribution in [0.15, 0.2) is 24.3 Å². The lowest BCUT2D eigenvalue weighted by Gasteiger charge is -2.02. The third-order valence-corrected chi connectivity index (χ3v) is 1.70. The van der Waals surface area contributed by atoms with Gasteiger partial charge in [-0.15, -0.1) is 0 Å². The van der Waals surface area contributed by atoms with Crippen LogP contribution in [0.25, 0.3) is 6.08 Å². The van der Waals surface area contributed by atoms with E-state index in [0.29, 0.717) is 0 Å². The summed E-state index contributed by atoms with van der Waals surface area (Å²) in [5.74, 6) is -2.88. The van der Waals surface area contributed by atoms with Crippen molar-refractivity contribution in [2.75, 3.05) is 0 Å². The van der Waals surface area contributed by atoms with Crippen molar-refractivity contribution in [2.45, 2.75) is 0 Å². The molecule has 0 bridgehead atoms. The van der Waals surface area contributed by atoms with Crippen molar-refractivity contribution in [1.82, 2.24) is 0 Å². The Kier molecular flexibility index (Phi) is 3.07. The summed E-state index contributed by atoms with van der Waals surface area (Å²) in [4.78, 5) is 20.8. The van der Waals surface area contributed by atoms with E-state index in [2.05, 4.69) is 0 Å². The quantitative estimate of drug-likeness (QED) is 0.648. The molecule has 0 heterocycles. The summed E-state index contributed by atoms with van der Waals surface area (Å²) < 4.78 is 0. The maximum absolute atomic E-state index is 10.6. The maximum atomic E-state index is 10.6. The Hall–Kier alpha value is -2.30. The molecule has 0 aliphatic carbocycles. The number of benzene rings is 1. The van der Waals surface area contributed by atoms with Crippen LogP contribution in [-0.4, -0.2) is 27.3 Å². The molecular weight excluding hydrogens is 200 g/mol. The van der Waals surface area contributed by atoms with Gasteiger partial charge in [-0.05, 0) is 12.1 Å². The number of carboxylic acid groups (broad SMARTS) is 2. The SMILES string of the molecule is O=C(O)C=Cc1cccc(C(=O)O)c1O. The summed E-state index contributed by atoms with van der Waals surface area (Å²) in [6, 6.07) is 4.07. The van der Waals surface area contributed by atoms with Gasteiger partial charge in [-0.25, -0.2) is 9.59 Å². The van der Waals surface area contributed by atoms with Gasteiger partial charge in [0.1, 0.15) is 11.3 Å². The molecule has 0 aliphatic heterocycles. The Morgan fingerprint density at radius 2 is 1.87 bits per heavy atom. The van der Waals surface area contributed by atoms with Crippen LogP contribution in [0.4, 0.5) is 0 Å². The van der Waals surface area contributed by atoms with E-state index in [1.807, 2.05) is 0 Å². The molecule has 0 atom stereocenters. The minimum absolute atomic E-state index is 0.150. The first kappa shape index (κ1) is 10.8. The molecule has 0 aromatic heterocycles. The van der Waals surface area contributed by atoms with Crippen molar-refractivity contribution >= 4 is 18.0 Å². The zero-order valence-corrected chi connectivity index (χ0v) is 7.54. The third-order valence-electron chi connectivity index (χ3n) is 1.70. The van der Waals surface area contributed by atoms with Gasteiger partial charge in [-0.3, -0.25) is 0 Å². The van der Waals surface area contributed by atoms with E-state index >= 15 is 0 Å². The molecule has 0 fully saturated rings. The van der Waals surface area contributed by atoms with Gasteiger partial charge < -0.3 is 15.3 Å². The van der Waals surface area contributed by atoms with Gasteiger partial charge in [0.2, 0.25) is 0 Å². The number of aliphatic carboxylic acids is 1. The number of para-hydroxylation sites is 1. The first-order chi connectivity index (χ1) is 7.02. The molecule has 78 valence electrons. The second-order valence-electron chi connectivity index (χ2n) is 2.72. The highest BCUT2D eigenvalue weighted by atomic mass is 16.4. The predicted molar refractivity (Wildman–Crippen MR) is 51.7 cm³/mol. The van der Waals surface area contributed by atoms with E-state index in [-0.39, 0.29) is 11.1 Å². The highest BCUT2D eigenvalue weighted by Crippen LogP contribution is 2.23. The standard InChI is InChI=1S/C10H8O5/c11-8(12)5-4-6-2-1-3-7(9(6)13)10(14)15/h1-5,13H,(H,11,12)(H,14,15). The van der Waals surface area contributed by atoms with Crippen molar-refractivity contribution in [1.29, 1.82) is 0 Å². The molecule has 1 aromatic carbocycles. The fourth-order valence-corrected chi connectivity index (χ4v) is 1.03. The molecule has 0 spiro atoms. The summed E-state index contributed by atoms with van der Waals surface area (Å²) >= 11 is 0. The lowest BCUT2D eigenvalue weighted by molar-refractivity contribution is -0.131. The number of carbonyl (C=O) groups is 2. The highest BCUT2D eigenvalue weighted by molar-refractivity contribution is 5.93. The van der Waals surface area contributed by atoms with E-state index in [1.54, 1.807) is 0 Å². The summed E-state index contributed by atoms with van der Waals surface area (Å²) in [6.07, 6.45) is 1.95. The van der Waals surface area contributed by atoms with Crippen LogP contribution in [0.5, 0.6) is 5.75 Å². The lowest BCUT2D eigenvalue weighted by atomic mass is 10.1. The Morgan fingerprint density at radius 3 is 2.40 bits per heavy atom. The molecule has 0 amide bonds. The number of hydrogen-bond acceptors (Lipinski definition) is 3. The zero-order chi connectivity index (χ0) is 11.4. The second kappa shape index (κ2) is 4.28. The van der Waals surface area contributed by atoms with Crippen LogP contribution < -0.4 is 0 Å². The third kappa shape index (κ3) is 2.57. The summed E-state index contributed by atoms with van der Waals surface area (Å²) in [5, 5.41) is 26.5. The Bertz CT molecular complexity index is 433. The summed E-state index contributed by atoms with van der Waals surface area (Å²) in [5.41, 5.74) is -0.111. The van der Waals surface area contributed by atoms with Crippen molar-refractivity contribution < 1.29 is 24.9 Å². The van der Waals surface area contributed by atoms with Crippen LogP contribution in [0, 0.1) is 0 Å². The van der Waals surface area contributed by atoms with Gasteiger partial charge in [0.15, 0.2) is 0 Å². The molecular formula is C10H8O5. The molecule has 1 rings (SSSR count). The Balaban J connectivity index is 3.15. The van der Waals surface area contributed by atoms with Crippen LogP contribution in [0.3, 0.4) is 0 Å². The minimum Gasteiger partial charge on any atom is -0.506 e. The summed E-state index contributed by atoms with van der Waals surface area (Å²) in [6.45, 7) is 0. The maximum Gasteiger partial charge on any atom is 0.339 e. The van der Waals surface area contributed by atoms with Crippen molar-refractivity contribution in [3.05, 3.63) is 35.4 Å². The molecule has 5 nitrogen and oxygen atoms in total. The molecule has 0 unspecified atom stereocenters. The zero-order valence-electron chi connectivity index (χ0n) is 7.54. The van der Waals surface area contributed by atoms with Crippen LogP contribution >= 0.6 is 0 Å². The van der Waals surface area contributed by atoms with E-state index in [1.165, 1.54) is 18.2 Å². The average molecular weight is 208 g/mol. The van der Waals surface area contributed by atoms with Gasteiger partial charge in [0.05, 0.1) is 0 Å². The summed E-state index contributed by atoms with van der Waals surface area (Å²) in [7, 11) is 0. The molecule has 0 aliphatic rings. The fourth-order valence-electron chi connectivity index (χ4n) is 1.03.